The molecule has 0 atom stereocenters. The summed E-state index contributed by atoms with van der Waals surface area (Å²) < 4.78 is 19.2. The van der Waals surface area contributed by atoms with Gasteiger partial charge in [-0.05, 0) is 48.9 Å². The van der Waals surface area contributed by atoms with Crippen LogP contribution in [0.25, 0.3) is 0 Å². The number of nitrogens with zero attached hydrogens (tertiary/aromatic N) is 2. The summed E-state index contributed by atoms with van der Waals surface area (Å²) in [5, 5.41) is 5.78. The number of ether oxygens (including phenoxy) is 1. The maximum absolute atomic E-state index is 14.2. The first kappa shape index (κ1) is 19.1. The van der Waals surface area contributed by atoms with Gasteiger partial charge in [0.2, 0.25) is 0 Å². The van der Waals surface area contributed by atoms with Gasteiger partial charge in [-0.1, -0.05) is 0 Å². The minimum atomic E-state index is -0.397. The number of aryl methyl sites for hydroxylation is 1. The number of methoxy groups -OCH3 is 1. The summed E-state index contributed by atoms with van der Waals surface area (Å²) in [7, 11) is 1.53. The van der Waals surface area contributed by atoms with Gasteiger partial charge in [-0.15, -0.1) is 0 Å². The third-order valence-corrected chi connectivity index (χ3v) is 4.12. The van der Waals surface area contributed by atoms with E-state index in [0.29, 0.717) is 34.1 Å². The molecular weight excluding hydrogens is 361 g/mol. The van der Waals surface area contributed by atoms with Crippen molar-refractivity contribution in [3.05, 3.63) is 71.4 Å². The summed E-state index contributed by atoms with van der Waals surface area (Å²) in [6.45, 7) is 1.95. The number of hydrogen-bond acceptors (Lipinski definition) is 6. The average Bonchev–Trinajstić information content (AvgIpc) is 2.69. The fraction of sp³-hybridized carbons (Fsp3) is 0.150. The number of aromatic nitrogens is 2. The van der Waals surface area contributed by atoms with Crippen molar-refractivity contribution in [2.75, 3.05) is 23.5 Å². The Kier molecular flexibility index (Phi) is 5.69. The summed E-state index contributed by atoms with van der Waals surface area (Å²) in [4.78, 5) is 20.6. The van der Waals surface area contributed by atoms with Crippen LogP contribution in [0.2, 0.25) is 0 Å². The highest BCUT2D eigenvalue weighted by atomic mass is 19.1. The molecule has 3 rings (SSSR count). The second-order valence-corrected chi connectivity index (χ2v) is 6.09. The van der Waals surface area contributed by atoms with Crippen LogP contribution in [0.1, 0.15) is 21.6 Å². The van der Waals surface area contributed by atoms with E-state index in [4.69, 9.17) is 10.5 Å². The van der Waals surface area contributed by atoms with Crippen LogP contribution in [-0.2, 0) is 6.54 Å². The third kappa shape index (κ3) is 4.35. The van der Waals surface area contributed by atoms with Gasteiger partial charge in [0.1, 0.15) is 23.1 Å². The lowest BCUT2D eigenvalue weighted by atomic mass is 10.1. The molecule has 7 nitrogen and oxygen atoms in total. The zero-order valence-electron chi connectivity index (χ0n) is 15.5. The van der Waals surface area contributed by atoms with Crippen LogP contribution in [0.4, 0.5) is 21.6 Å². The van der Waals surface area contributed by atoms with Crippen molar-refractivity contribution in [1.29, 1.82) is 0 Å². The number of halogens is 1. The van der Waals surface area contributed by atoms with Crippen LogP contribution in [0.5, 0.6) is 5.75 Å². The van der Waals surface area contributed by atoms with Crippen LogP contribution in [0.15, 0.2) is 48.8 Å². The van der Waals surface area contributed by atoms with Gasteiger partial charge < -0.3 is 21.1 Å². The smallest absolute Gasteiger partial charge is 0.274 e. The largest absolute Gasteiger partial charge is 0.495 e. The molecule has 0 aliphatic rings. The first-order valence-electron chi connectivity index (χ1n) is 8.52. The van der Waals surface area contributed by atoms with E-state index in [-0.39, 0.29) is 18.1 Å². The molecule has 0 fully saturated rings. The number of carbonyl (C=O) groups excluding carboxylic acids is 1. The molecule has 0 aliphatic carbocycles. The summed E-state index contributed by atoms with van der Waals surface area (Å²) in [6, 6.07) is 9.56. The molecule has 2 aromatic heterocycles. The number of anilines is 3. The maximum Gasteiger partial charge on any atom is 0.274 e. The fourth-order valence-electron chi connectivity index (χ4n) is 2.63. The standard InChI is InChI=1S/C20H20FN5O2/c1-12-8-15(28-2)11-25-18(12)20(27)26-14-5-6-16(21)13(9-14)10-24-17-4-3-7-23-19(17)22/h3-9,11,24H,10H2,1-2H3,(H2,22,23)(H,26,27). The number of amides is 1. The SMILES string of the molecule is COc1cnc(C(=O)Nc2ccc(F)c(CNc3cccnc3N)c2)c(C)c1. The van der Waals surface area contributed by atoms with Crippen molar-refractivity contribution < 1.29 is 13.9 Å². The Bertz CT molecular complexity index is 1010. The van der Waals surface area contributed by atoms with Gasteiger partial charge in [-0.25, -0.2) is 14.4 Å². The second-order valence-electron chi connectivity index (χ2n) is 6.09. The van der Waals surface area contributed by atoms with E-state index in [2.05, 4.69) is 20.6 Å². The molecular formula is C20H20FN5O2. The Morgan fingerprint density at radius 3 is 2.79 bits per heavy atom. The van der Waals surface area contributed by atoms with Gasteiger partial charge in [0.25, 0.3) is 5.91 Å². The molecule has 2 heterocycles. The van der Waals surface area contributed by atoms with E-state index < -0.39 is 5.82 Å². The van der Waals surface area contributed by atoms with E-state index in [9.17, 15) is 9.18 Å². The molecule has 144 valence electrons. The summed E-state index contributed by atoms with van der Waals surface area (Å²) in [5.74, 6) is 0.112. The summed E-state index contributed by atoms with van der Waals surface area (Å²) in [6.07, 6.45) is 3.05. The average molecular weight is 381 g/mol. The highest BCUT2D eigenvalue weighted by Crippen LogP contribution is 2.20. The van der Waals surface area contributed by atoms with Gasteiger partial charge in [0.05, 0.1) is 19.0 Å². The van der Waals surface area contributed by atoms with E-state index in [0.717, 1.165) is 0 Å². The van der Waals surface area contributed by atoms with E-state index in [1.54, 1.807) is 37.4 Å². The van der Waals surface area contributed by atoms with Gasteiger partial charge in [0, 0.05) is 24.0 Å². The minimum Gasteiger partial charge on any atom is -0.495 e. The van der Waals surface area contributed by atoms with Gasteiger partial charge in [-0.2, -0.15) is 0 Å². The van der Waals surface area contributed by atoms with E-state index in [1.165, 1.54) is 25.4 Å². The number of pyridine rings is 2. The first-order chi connectivity index (χ1) is 13.5. The Labute approximate surface area is 161 Å². The number of nitrogens with two attached hydrogens (primary N) is 1. The normalized spacial score (nSPS) is 10.4. The molecule has 0 saturated carbocycles. The number of carbonyl (C=O) groups is 1. The highest BCUT2D eigenvalue weighted by Gasteiger charge is 2.13. The Balaban J connectivity index is 1.74. The third-order valence-electron chi connectivity index (χ3n) is 4.12. The van der Waals surface area contributed by atoms with Crippen molar-refractivity contribution >= 4 is 23.1 Å². The highest BCUT2D eigenvalue weighted by molar-refractivity contribution is 6.03. The van der Waals surface area contributed by atoms with Gasteiger partial charge in [-0.3, -0.25) is 4.79 Å². The van der Waals surface area contributed by atoms with E-state index in [1.807, 2.05) is 0 Å². The van der Waals surface area contributed by atoms with Crippen molar-refractivity contribution in [2.24, 2.45) is 0 Å². The Hall–Kier alpha value is -3.68. The van der Waals surface area contributed by atoms with Crippen LogP contribution in [0.3, 0.4) is 0 Å². The molecule has 1 aromatic carbocycles. The molecule has 0 aliphatic heterocycles. The number of hydrogen-bond donors (Lipinski definition) is 3. The van der Waals surface area contributed by atoms with E-state index >= 15 is 0 Å². The molecule has 0 radical (unpaired) electrons. The molecule has 0 spiro atoms. The molecule has 8 heteroatoms. The number of nitrogens with one attached hydrogen (secondary N) is 2. The zero-order valence-corrected chi connectivity index (χ0v) is 15.5. The molecule has 1 amide bonds. The second kappa shape index (κ2) is 8.34. The van der Waals surface area contributed by atoms with Crippen molar-refractivity contribution in [2.45, 2.75) is 13.5 Å². The minimum absolute atomic E-state index is 0.186. The van der Waals surface area contributed by atoms with Crippen LogP contribution in [-0.4, -0.2) is 23.0 Å². The molecule has 0 unspecified atom stereocenters. The number of benzene rings is 1. The van der Waals surface area contributed by atoms with Crippen LogP contribution >= 0.6 is 0 Å². The van der Waals surface area contributed by atoms with Crippen molar-refractivity contribution in [3.8, 4) is 5.75 Å². The fourth-order valence-corrected chi connectivity index (χ4v) is 2.63. The quantitative estimate of drug-likeness (QED) is 0.605. The maximum atomic E-state index is 14.2. The van der Waals surface area contributed by atoms with Crippen LogP contribution < -0.4 is 21.1 Å². The van der Waals surface area contributed by atoms with Crippen molar-refractivity contribution in [3.63, 3.8) is 0 Å². The lowest BCUT2D eigenvalue weighted by Gasteiger charge is -2.12. The molecule has 3 aromatic rings. The summed E-state index contributed by atoms with van der Waals surface area (Å²) >= 11 is 0. The zero-order chi connectivity index (χ0) is 20.1. The predicted molar refractivity (Wildman–Crippen MR) is 106 cm³/mol. The number of nitrogen functional groups attached to an aromatic ring is 1. The van der Waals surface area contributed by atoms with Gasteiger partial charge >= 0.3 is 0 Å². The first-order valence-corrected chi connectivity index (χ1v) is 8.52. The summed E-state index contributed by atoms with van der Waals surface area (Å²) in [5.41, 5.74) is 8.16. The predicted octanol–water partition coefficient (Wildman–Crippen LogP) is 3.38. The Morgan fingerprint density at radius 1 is 1.25 bits per heavy atom. The molecule has 0 saturated heterocycles. The Morgan fingerprint density at radius 2 is 2.07 bits per heavy atom. The number of rotatable bonds is 6. The van der Waals surface area contributed by atoms with Gasteiger partial charge in [0.15, 0.2) is 0 Å². The van der Waals surface area contributed by atoms with Crippen LogP contribution in [0, 0.1) is 12.7 Å². The van der Waals surface area contributed by atoms with Crippen molar-refractivity contribution in [1.82, 2.24) is 9.97 Å². The molecule has 0 bridgehead atoms. The molecule has 4 N–H and O–H groups in total. The lowest BCUT2D eigenvalue weighted by Crippen LogP contribution is -2.16. The lowest BCUT2D eigenvalue weighted by molar-refractivity contribution is 0.102. The topological polar surface area (TPSA) is 102 Å². The monoisotopic (exact) mass is 381 g/mol. The molecule has 28 heavy (non-hydrogen) atoms.